The monoisotopic (exact) mass is 242 g/mol. The first-order valence-electron chi connectivity index (χ1n) is 4.05. The molecule has 5 N–H and O–H groups in total. The van der Waals surface area contributed by atoms with Crippen molar-refractivity contribution in [3.05, 3.63) is 6.61 Å². The van der Waals surface area contributed by atoms with Crippen molar-refractivity contribution >= 4 is 10.3 Å². The van der Waals surface area contributed by atoms with Gasteiger partial charge in [0.05, 0.1) is 12.6 Å². The molecule has 0 aromatic heterocycles. The molecule has 1 saturated heterocycles. The largest absolute Gasteiger partial charge is 0.394 e. The second-order valence-electron chi connectivity index (χ2n) is 3.09. The molecule has 0 unspecified atom stereocenters. The summed E-state index contributed by atoms with van der Waals surface area (Å²) in [5, 5.41) is 27.4. The van der Waals surface area contributed by atoms with Gasteiger partial charge in [0.25, 0.3) is 0 Å². The van der Waals surface area contributed by atoms with Gasteiger partial charge in [-0.05, 0) is 0 Å². The van der Waals surface area contributed by atoms with Crippen LogP contribution in [-0.4, -0.2) is 59.3 Å². The first kappa shape index (κ1) is 12.8. The molecule has 4 atom stereocenters. The lowest BCUT2D eigenvalue weighted by atomic mass is 9.99. The fourth-order valence-corrected chi connectivity index (χ4v) is 1.74. The summed E-state index contributed by atoms with van der Waals surface area (Å²) in [6, 6.07) is -1.27. The highest BCUT2D eigenvalue weighted by Gasteiger charge is 2.39. The number of hydrogen-bond donors (Lipinski definition) is 5. The van der Waals surface area contributed by atoms with Crippen molar-refractivity contribution < 1.29 is 33.0 Å². The van der Waals surface area contributed by atoms with E-state index < -0.39 is 41.3 Å². The molecule has 0 amide bonds. The van der Waals surface area contributed by atoms with Gasteiger partial charge in [0, 0.05) is 0 Å². The maximum Gasteiger partial charge on any atom is 0.333 e. The summed E-state index contributed by atoms with van der Waals surface area (Å²) < 4.78 is 35.7. The fourth-order valence-electron chi connectivity index (χ4n) is 1.20. The third-order valence-corrected chi connectivity index (χ3v) is 2.53. The van der Waals surface area contributed by atoms with Gasteiger partial charge in [0.15, 0.2) is 0 Å². The highest BCUT2D eigenvalue weighted by Crippen LogP contribution is 2.18. The van der Waals surface area contributed by atoms with E-state index in [9.17, 15) is 18.6 Å². The summed E-state index contributed by atoms with van der Waals surface area (Å²) in [5.41, 5.74) is 0. The zero-order valence-electron chi connectivity index (χ0n) is 7.52. The minimum atomic E-state index is -4.50. The van der Waals surface area contributed by atoms with Crippen LogP contribution < -0.4 is 4.72 Å². The summed E-state index contributed by atoms with van der Waals surface area (Å²) in [6.07, 6.45) is -3.96. The Kier molecular flexibility index (Phi) is 4.00. The number of rotatable bonds is 3. The van der Waals surface area contributed by atoms with Crippen LogP contribution in [0.15, 0.2) is 0 Å². The second kappa shape index (κ2) is 4.70. The van der Waals surface area contributed by atoms with Crippen molar-refractivity contribution in [2.75, 3.05) is 6.61 Å². The van der Waals surface area contributed by atoms with Crippen molar-refractivity contribution in [3.63, 3.8) is 0 Å². The van der Waals surface area contributed by atoms with E-state index in [2.05, 4.69) is 0 Å². The van der Waals surface area contributed by atoms with Gasteiger partial charge < -0.3 is 20.1 Å². The van der Waals surface area contributed by atoms with Crippen molar-refractivity contribution in [1.29, 1.82) is 0 Å². The smallest absolute Gasteiger partial charge is 0.333 e. The molecular weight excluding hydrogens is 230 g/mol. The van der Waals surface area contributed by atoms with Crippen LogP contribution in [0.5, 0.6) is 0 Å². The van der Waals surface area contributed by atoms with Gasteiger partial charge >= 0.3 is 10.3 Å². The Hall–Kier alpha value is -0.290. The van der Waals surface area contributed by atoms with E-state index in [1.807, 2.05) is 0 Å². The normalized spacial score (nSPS) is 37.9. The van der Waals surface area contributed by atoms with Crippen LogP contribution in [-0.2, 0) is 15.0 Å². The second-order valence-corrected chi connectivity index (χ2v) is 4.28. The van der Waals surface area contributed by atoms with Gasteiger partial charge in [-0.25, -0.2) is 0 Å². The van der Waals surface area contributed by atoms with Gasteiger partial charge in [-0.1, -0.05) is 0 Å². The van der Waals surface area contributed by atoms with E-state index >= 15 is 0 Å². The molecular formula is C6H12NO7S. The molecule has 0 spiro atoms. The summed E-state index contributed by atoms with van der Waals surface area (Å²) in [5.74, 6) is 0. The highest BCUT2D eigenvalue weighted by molar-refractivity contribution is 7.83. The molecule has 0 aromatic carbocycles. The Balaban J connectivity index is 2.64. The highest BCUT2D eigenvalue weighted by atomic mass is 32.2. The number of aliphatic hydroxyl groups excluding tert-OH is 3. The number of hydrogen-bond acceptors (Lipinski definition) is 6. The number of ether oxygens (including phenoxy) is 1. The van der Waals surface area contributed by atoms with E-state index in [1.54, 1.807) is 4.72 Å². The van der Waals surface area contributed by atoms with Gasteiger partial charge in [0.1, 0.15) is 24.9 Å². The Bertz CT molecular complexity index is 305. The third-order valence-electron chi connectivity index (χ3n) is 1.96. The SMILES string of the molecule is O=S(=O)(O)N[C@@H]1[CH]O[C@H](CO)[C@@H](O)[C@@H]1O. The summed E-state index contributed by atoms with van der Waals surface area (Å²) >= 11 is 0. The molecule has 1 aliphatic heterocycles. The van der Waals surface area contributed by atoms with Crippen LogP contribution in [0.25, 0.3) is 0 Å². The Labute approximate surface area is 86.4 Å². The van der Waals surface area contributed by atoms with Crippen LogP contribution >= 0.6 is 0 Å². The summed E-state index contributed by atoms with van der Waals surface area (Å²) in [4.78, 5) is 0. The minimum absolute atomic E-state index is 0.521. The quantitative estimate of drug-likeness (QED) is 0.333. The molecule has 0 aliphatic carbocycles. The van der Waals surface area contributed by atoms with Crippen LogP contribution in [0.3, 0.4) is 0 Å². The van der Waals surface area contributed by atoms with Gasteiger partial charge in [-0.2, -0.15) is 13.1 Å². The Morgan fingerprint density at radius 2 is 1.93 bits per heavy atom. The molecule has 1 rings (SSSR count). The maximum atomic E-state index is 10.4. The lowest BCUT2D eigenvalue weighted by Gasteiger charge is -2.35. The van der Waals surface area contributed by atoms with Crippen molar-refractivity contribution in [2.24, 2.45) is 0 Å². The first-order chi connectivity index (χ1) is 6.85. The van der Waals surface area contributed by atoms with Crippen molar-refractivity contribution in [3.8, 4) is 0 Å². The molecule has 1 heterocycles. The van der Waals surface area contributed by atoms with Gasteiger partial charge in [-0.15, -0.1) is 0 Å². The van der Waals surface area contributed by atoms with Crippen LogP contribution in [0.1, 0.15) is 0 Å². The predicted octanol–water partition coefficient (Wildman–Crippen LogP) is -2.98. The molecule has 8 nitrogen and oxygen atoms in total. The molecule has 0 saturated carbocycles. The van der Waals surface area contributed by atoms with E-state index in [0.717, 1.165) is 6.61 Å². The average molecular weight is 242 g/mol. The minimum Gasteiger partial charge on any atom is -0.394 e. The molecule has 0 bridgehead atoms. The van der Waals surface area contributed by atoms with Gasteiger partial charge in [-0.3, -0.25) is 4.55 Å². The molecule has 0 aromatic rings. The molecule has 1 fully saturated rings. The van der Waals surface area contributed by atoms with Crippen LogP contribution in [0.4, 0.5) is 0 Å². The average Bonchev–Trinajstić information content (AvgIpc) is 2.11. The topological polar surface area (TPSA) is 136 Å². The number of nitrogens with one attached hydrogen (secondary N) is 1. The lowest BCUT2D eigenvalue weighted by Crippen LogP contribution is -2.57. The summed E-state index contributed by atoms with van der Waals surface area (Å²) in [6.45, 7) is 0.374. The molecule has 1 radical (unpaired) electrons. The van der Waals surface area contributed by atoms with Crippen LogP contribution in [0.2, 0.25) is 0 Å². The summed E-state index contributed by atoms with van der Waals surface area (Å²) in [7, 11) is -4.50. The number of aliphatic hydroxyl groups is 3. The Morgan fingerprint density at radius 3 is 2.40 bits per heavy atom. The fraction of sp³-hybridized carbons (Fsp3) is 0.833. The first-order valence-corrected chi connectivity index (χ1v) is 5.49. The van der Waals surface area contributed by atoms with E-state index in [4.69, 9.17) is 14.4 Å². The zero-order valence-corrected chi connectivity index (χ0v) is 8.33. The lowest BCUT2D eigenvalue weighted by molar-refractivity contribution is -0.135. The van der Waals surface area contributed by atoms with Crippen LogP contribution in [0, 0.1) is 6.61 Å². The predicted molar refractivity (Wildman–Crippen MR) is 46.7 cm³/mol. The Morgan fingerprint density at radius 1 is 1.33 bits per heavy atom. The van der Waals surface area contributed by atoms with Gasteiger partial charge in [0.2, 0.25) is 0 Å². The molecule has 1 aliphatic rings. The van der Waals surface area contributed by atoms with Crippen molar-refractivity contribution in [2.45, 2.75) is 24.4 Å². The molecule has 89 valence electrons. The molecule has 9 heteroatoms. The third kappa shape index (κ3) is 3.34. The maximum absolute atomic E-state index is 10.4. The zero-order chi connectivity index (χ0) is 11.6. The molecule has 15 heavy (non-hydrogen) atoms. The van der Waals surface area contributed by atoms with Crippen molar-refractivity contribution in [1.82, 2.24) is 4.72 Å². The standard InChI is InChI=1S/C6H12NO7S/c8-1-4-6(10)5(9)3(2-14-4)7-15(11,12)13/h2-10H,1H2,(H,11,12,13)/t3-,4-,5-,6-/m1/s1. The van der Waals surface area contributed by atoms with E-state index in [1.165, 1.54) is 0 Å². The van der Waals surface area contributed by atoms with E-state index in [-0.39, 0.29) is 0 Å². The van der Waals surface area contributed by atoms with E-state index in [0.29, 0.717) is 0 Å².